The van der Waals surface area contributed by atoms with E-state index in [9.17, 15) is 0 Å². The fraction of sp³-hybridized carbons (Fsp3) is 0.733. The standard InChI is InChI=1S/C15H28N2O/c1-3-4-5-6-7-8-9-10-15(17-16)14-11-13(2)18-12-14/h11-12,15,17H,3-10,16H2,1-2H3. The van der Waals surface area contributed by atoms with E-state index in [0.717, 1.165) is 12.2 Å². The van der Waals surface area contributed by atoms with Crippen molar-refractivity contribution >= 4 is 0 Å². The van der Waals surface area contributed by atoms with Crippen LogP contribution in [0.25, 0.3) is 0 Å². The van der Waals surface area contributed by atoms with Crippen LogP contribution in [-0.4, -0.2) is 0 Å². The number of aryl methyl sites for hydroxylation is 1. The maximum atomic E-state index is 5.60. The molecular weight excluding hydrogens is 224 g/mol. The number of nitrogens with two attached hydrogens (primary N) is 1. The van der Waals surface area contributed by atoms with Crippen LogP contribution in [0.1, 0.15) is 75.7 Å². The molecule has 3 heteroatoms. The number of rotatable bonds is 10. The minimum absolute atomic E-state index is 0.234. The summed E-state index contributed by atoms with van der Waals surface area (Å²) in [7, 11) is 0. The summed E-state index contributed by atoms with van der Waals surface area (Å²) in [6, 6.07) is 2.30. The van der Waals surface area contributed by atoms with E-state index in [2.05, 4.69) is 18.4 Å². The van der Waals surface area contributed by atoms with Crippen LogP contribution in [0.15, 0.2) is 16.7 Å². The van der Waals surface area contributed by atoms with E-state index in [1.807, 2.05) is 6.92 Å². The second-order valence-corrected chi connectivity index (χ2v) is 5.12. The minimum Gasteiger partial charge on any atom is -0.469 e. The van der Waals surface area contributed by atoms with E-state index in [1.54, 1.807) is 6.26 Å². The van der Waals surface area contributed by atoms with Gasteiger partial charge in [0.05, 0.1) is 6.26 Å². The highest BCUT2D eigenvalue weighted by Crippen LogP contribution is 2.21. The molecule has 1 rings (SSSR count). The van der Waals surface area contributed by atoms with Crippen LogP contribution in [0.3, 0.4) is 0 Å². The summed E-state index contributed by atoms with van der Waals surface area (Å²) in [5.41, 5.74) is 4.05. The molecule has 104 valence electrons. The van der Waals surface area contributed by atoms with Crippen LogP contribution in [0, 0.1) is 6.92 Å². The second-order valence-electron chi connectivity index (χ2n) is 5.12. The monoisotopic (exact) mass is 252 g/mol. The third kappa shape index (κ3) is 5.69. The van der Waals surface area contributed by atoms with Gasteiger partial charge in [0.15, 0.2) is 0 Å². The molecule has 0 bridgehead atoms. The molecule has 1 unspecified atom stereocenters. The largest absolute Gasteiger partial charge is 0.469 e. The predicted molar refractivity (Wildman–Crippen MR) is 76.1 cm³/mol. The van der Waals surface area contributed by atoms with Crippen LogP contribution in [0.4, 0.5) is 0 Å². The van der Waals surface area contributed by atoms with Gasteiger partial charge in [0, 0.05) is 11.6 Å². The highest BCUT2D eigenvalue weighted by molar-refractivity contribution is 5.15. The quantitative estimate of drug-likeness (QED) is 0.372. The van der Waals surface area contributed by atoms with Crippen LogP contribution >= 0.6 is 0 Å². The van der Waals surface area contributed by atoms with Crippen LogP contribution < -0.4 is 11.3 Å². The smallest absolute Gasteiger partial charge is 0.101 e. The van der Waals surface area contributed by atoms with E-state index in [-0.39, 0.29) is 6.04 Å². The maximum Gasteiger partial charge on any atom is 0.101 e. The van der Waals surface area contributed by atoms with Crippen LogP contribution in [0.5, 0.6) is 0 Å². The third-order valence-electron chi connectivity index (χ3n) is 3.45. The summed E-state index contributed by atoms with van der Waals surface area (Å²) in [4.78, 5) is 0. The van der Waals surface area contributed by atoms with Crippen molar-refractivity contribution in [1.29, 1.82) is 0 Å². The summed E-state index contributed by atoms with van der Waals surface area (Å²) in [5.74, 6) is 6.55. The SMILES string of the molecule is CCCCCCCCCC(NN)c1coc(C)c1. The van der Waals surface area contributed by atoms with Gasteiger partial charge in [-0.15, -0.1) is 0 Å². The molecule has 0 amide bonds. The molecule has 0 aromatic carbocycles. The Labute approximate surface area is 111 Å². The van der Waals surface area contributed by atoms with Crippen molar-refractivity contribution in [2.45, 2.75) is 71.3 Å². The van der Waals surface area contributed by atoms with Crippen LogP contribution in [-0.2, 0) is 0 Å². The molecule has 1 aromatic heterocycles. The lowest BCUT2D eigenvalue weighted by Crippen LogP contribution is -2.27. The fourth-order valence-corrected chi connectivity index (χ4v) is 2.30. The molecule has 1 heterocycles. The summed E-state index contributed by atoms with van der Waals surface area (Å²) in [6.07, 6.45) is 12.2. The molecule has 3 N–H and O–H groups in total. The Balaban J connectivity index is 2.13. The topological polar surface area (TPSA) is 51.2 Å². The average Bonchev–Trinajstić information content (AvgIpc) is 2.79. The Morgan fingerprint density at radius 3 is 2.39 bits per heavy atom. The van der Waals surface area contributed by atoms with Gasteiger partial charge in [0.25, 0.3) is 0 Å². The number of hydrogen-bond donors (Lipinski definition) is 2. The number of hydrazine groups is 1. The van der Waals surface area contributed by atoms with Gasteiger partial charge in [-0.2, -0.15) is 0 Å². The molecular formula is C15H28N2O. The zero-order valence-corrected chi connectivity index (χ0v) is 11.9. The number of hydrogen-bond acceptors (Lipinski definition) is 3. The van der Waals surface area contributed by atoms with Crippen molar-refractivity contribution in [2.75, 3.05) is 0 Å². The molecule has 3 nitrogen and oxygen atoms in total. The van der Waals surface area contributed by atoms with Gasteiger partial charge in [-0.25, -0.2) is 0 Å². The molecule has 0 spiro atoms. The van der Waals surface area contributed by atoms with Gasteiger partial charge < -0.3 is 4.42 Å². The van der Waals surface area contributed by atoms with Crippen molar-refractivity contribution in [3.63, 3.8) is 0 Å². The lowest BCUT2D eigenvalue weighted by molar-refractivity contribution is 0.467. The summed E-state index contributed by atoms with van der Waals surface area (Å²) in [5, 5.41) is 0. The highest BCUT2D eigenvalue weighted by atomic mass is 16.3. The summed E-state index contributed by atoms with van der Waals surface area (Å²) in [6.45, 7) is 4.22. The van der Waals surface area contributed by atoms with E-state index in [0.29, 0.717) is 0 Å². The molecule has 0 saturated heterocycles. The molecule has 0 aliphatic carbocycles. The van der Waals surface area contributed by atoms with Crippen molar-refractivity contribution in [1.82, 2.24) is 5.43 Å². The number of furan rings is 1. The molecule has 1 atom stereocenters. The fourth-order valence-electron chi connectivity index (χ4n) is 2.30. The van der Waals surface area contributed by atoms with Crippen molar-refractivity contribution in [3.8, 4) is 0 Å². The van der Waals surface area contributed by atoms with Crippen molar-refractivity contribution in [2.24, 2.45) is 5.84 Å². The van der Waals surface area contributed by atoms with Crippen LogP contribution in [0.2, 0.25) is 0 Å². The molecule has 0 aliphatic rings. The first-order chi connectivity index (χ1) is 8.77. The lowest BCUT2D eigenvalue weighted by atomic mass is 10.0. The second kappa shape index (κ2) is 9.17. The maximum absolute atomic E-state index is 5.60. The highest BCUT2D eigenvalue weighted by Gasteiger charge is 2.11. The molecule has 0 aliphatic heterocycles. The number of nitrogens with one attached hydrogen (secondary N) is 1. The Morgan fingerprint density at radius 2 is 1.83 bits per heavy atom. The summed E-state index contributed by atoms with van der Waals surface area (Å²) >= 11 is 0. The molecule has 0 fully saturated rings. The Morgan fingerprint density at radius 1 is 1.17 bits per heavy atom. The van der Waals surface area contributed by atoms with Crippen molar-refractivity contribution < 1.29 is 4.42 Å². The Hall–Kier alpha value is -0.800. The number of unbranched alkanes of at least 4 members (excludes halogenated alkanes) is 6. The molecule has 0 radical (unpaired) electrons. The molecule has 1 aromatic rings. The first kappa shape index (κ1) is 15.3. The lowest BCUT2D eigenvalue weighted by Gasteiger charge is -2.13. The van der Waals surface area contributed by atoms with E-state index in [4.69, 9.17) is 10.3 Å². The Bertz CT molecular complexity index is 309. The third-order valence-corrected chi connectivity index (χ3v) is 3.45. The average molecular weight is 252 g/mol. The van der Waals surface area contributed by atoms with Gasteiger partial charge in [-0.05, 0) is 19.4 Å². The van der Waals surface area contributed by atoms with Gasteiger partial charge in [0.2, 0.25) is 0 Å². The van der Waals surface area contributed by atoms with Gasteiger partial charge in [-0.3, -0.25) is 11.3 Å². The van der Waals surface area contributed by atoms with E-state index in [1.165, 1.54) is 50.5 Å². The summed E-state index contributed by atoms with van der Waals surface area (Å²) < 4.78 is 5.32. The van der Waals surface area contributed by atoms with Crippen molar-refractivity contribution in [3.05, 3.63) is 23.7 Å². The van der Waals surface area contributed by atoms with E-state index >= 15 is 0 Å². The minimum atomic E-state index is 0.234. The zero-order chi connectivity index (χ0) is 13.2. The first-order valence-corrected chi connectivity index (χ1v) is 7.29. The normalized spacial score (nSPS) is 12.8. The molecule has 0 saturated carbocycles. The first-order valence-electron chi connectivity index (χ1n) is 7.29. The predicted octanol–water partition coefficient (Wildman–Crippen LogP) is 4.23. The zero-order valence-electron chi connectivity index (χ0n) is 11.9. The van der Waals surface area contributed by atoms with Gasteiger partial charge in [-0.1, -0.05) is 51.9 Å². The molecule has 18 heavy (non-hydrogen) atoms. The van der Waals surface area contributed by atoms with Gasteiger partial charge in [0.1, 0.15) is 5.76 Å². The van der Waals surface area contributed by atoms with E-state index < -0.39 is 0 Å². The van der Waals surface area contributed by atoms with Gasteiger partial charge >= 0.3 is 0 Å². The Kier molecular flexibility index (Phi) is 7.78.